The highest BCUT2D eigenvalue weighted by Gasteiger charge is 2.37. The Hall–Kier alpha value is -0.370. The van der Waals surface area contributed by atoms with Crippen LogP contribution in [0.5, 0.6) is 0 Å². The van der Waals surface area contributed by atoms with Gasteiger partial charge in [0.1, 0.15) is 5.60 Å². The summed E-state index contributed by atoms with van der Waals surface area (Å²) in [6, 6.07) is 0. The van der Waals surface area contributed by atoms with Gasteiger partial charge >= 0.3 is 0 Å². The number of hydrogen-bond acceptors (Lipinski definition) is 2. The summed E-state index contributed by atoms with van der Waals surface area (Å²) in [5, 5.41) is 0. The van der Waals surface area contributed by atoms with Gasteiger partial charge in [0.25, 0.3) is 0 Å². The Labute approximate surface area is 67.9 Å². The maximum absolute atomic E-state index is 10.8. The van der Waals surface area contributed by atoms with E-state index in [0.29, 0.717) is 5.92 Å². The highest BCUT2D eigenvalue weighted by atomic mass is 16.5. The first-order valence-electron chi connectivity index (χ1n) is 4.26. The average Bonchev–Trinajstić information content (AvgIpc) is 2.06. The number of hydrogen-bond donors (Lipinski definition) is 0. The minimum Gasteiger partial charge on any atom is -0.370 e. The van der Waals surface area contributed by atoms with Crippen molar-refractivity contribution in [3.8, 4) is 0 Å². The first kappa shape index (κ1) is 8.72. The second-order valence-corrected chi connectivity index (χ2v) is 3.42. The standard InChI is InChI=1S/C9H16O2/c1-8-5-3-4-6-9(8,7-10)11-2/h7-8H,3-6H2,1-2H3. The fourth-order valence-electron chi connectivity index (χ4n) is 1.87. The Morgan fingerprint density at radius 3 is 2.64 bits per heavy atom. The molecule has 0 N–H and O–H groups in total. The minimum absolute atomic E-state index is 0.388. The van der Waals surface area contributed by atoms with Crippen molar-refractivity contribution in [1.82, 2.24) is 0 Å². The van der Waals surface area contributed by atoms with Gasteiger partial charge in [-0.2, -0.15) is 0 Å². The fraction of sp³-hybridized carbons (Fsp3) is 0.889. The van der Waals surface area contributed by atoms with Gasteiger partial charge in [-0.05, 0) is 18.8 Å². The summed E-state index contributed by atoms with van der Waals surface area (Å²) in [7, 11) is 1.64. The molecule has 1 aliphatic carbocycles. The number of aldehydes is 1. The molecular formula is C9H16O2. The van der Waals surface area contributed by atoms with Gasteiger partial charge in [-0.3, -0.25) is 0 Å². The molecule has 2 atom stereocenters. The normalized spacial score (nSPS) is 38.5. The second kappa shape index (κ2) is 3.35. The fourth-order valence-corrected chi connectivity index (χ4v) is 1.87. The predicted molar refractivity (Wildman–Crippen MR) is 43.4 cm³/mol. The highest BCUT2D eigenvalue weighted by molar-refractivity contribution is 5.63. The second-order valence-electron chi connectivity index (χ2n) is 3.42. The van der Waals surface area contributed by atoms with E-state index in [2.05, 4.69) is 6.92 Å². The summed E-state index contributed by atoms with van der Waals surface area (Å²) in [6.45, 7) is 2.09. The SMILES string of the molecule is COC1(C=O)CCCCC1C. The molecule has 1 saturated carbocycles. The third kappa shape index (κ3) is 1.45. The maximum Gasteiger partial charge on any atom is 0.152 e. The van der Waals surface area contributed by atoms with Gasteiger partial charge in [0.05, 0.1) is 0 Å². The molecule has 1 rings (SSSR count). The van der Waals surface area contributed by atoms with Gasteiger partial charge < -0.3 is 9.53 Å². The van der Waals surface area contributed by atoms with E-state index in [-0.39, 0.29) is 0 Å². The molecule has 0 aromatic rings. The summed E-state index contributed by atoms with van der Waals surface area (Å²) in [6.07, 6.45) is 5.36. The van der Waals surface area contributed by atoms with Crippen LogP contribution in [-0.2, 0) is 9.53 Å². The van der Waals surface area contributed by atoms with Crippen molar-refractivity contribution in [3.05, 3.63) is 0 Å². The predicted octanol–water partition coefficient (Wildman–Crippen LogP) is 1.78. The molecule has 0 heterocycles. The van der Waals surface area contributed by atoms with Crippen LogP contribution in [0.4, 0.5) is 0 Å². The highest BCUT2D eigenvalue weighted by Crippen LogP contribution is 2.34. The van der Waals surface area contributed by atoms with E-state index in [1.807, 2.05) is 0 Å². The zero-order chi connectivity index (χ0) is 8.32. The molecule has 0 aromatic heterocycles. The van der Waals surface area contributed by atoms with Crippen molar-refractivity contribution in [3.63, 3.8) is 0 Å². The minimum atomic E-state index is -0.460. The lowest BCUT2D eigenvalue weighted by atomic mass is 9.77. The third-order valence-electron chi connectivity index (χ3n) is 2.87. The summed E-state index contributed by atoms with van der Waals surface area (Å²) in [5.74, 6) is 0.388. The quantitative estimate of drug-likeness (QED) is 0.570. The number of carbonyl (C=O) groups is 1. The van der Waals surface area contributed by atoms with Gasteiger partial charge in [0, 0.05) is 7.11 Å². The molecule has 0 radical (unpaired) electrons. The lowest BCUT2D eigenvalue weighted by Gasteiger charge is -2.36. The Balaban J connectivity index is 2.69. The third-order valence-corrected chi connectivity index (χ3v) is 2.87. The molecule has 0 amide bonds. The van der Waals surface area contributed by atoms with Crippen molar-refractivity contribution >= 4 is 6.29 Å². The zero-order valence-corrected chi connectivity index (χ0v) is 7.30. The molecule has 0 spiro atoms. The van der Waals surface area contributed by atoms with Crippen molar-refractivity contribution in [2.45, 2.75) is 38.2 Å². The van der Waals surface area contributed by atoms with Crippen LogP contribution in [0.15, 0.2) is 0 Å². The van der Waals surface area contributed by atoms with Crippen molar-refractivity contribution in [2.75, 3.05) is 7.11 Å². The summed E-state index contributed by atoms with van der Waals surface area (Å²) < 4.78 is 5.27. The van der Waals surface area contributed by atoms with Crippen LogP contribution in [-0.4, -0.2) is 19.0 Å². The van der Waals surface area contributed by atoms with Crippen LogP contribution in [0.2, 0.25) is 0 Å². The van der Waals surface area contributed by atoms with E-state index in [1.165, 1.54) is 6.42 Å². The molecule has 1 fully saturated rings. The first-order chi connectivity index (χ1) is 5.25. The van der Waals surface area contributed by atoms with Crippen molar-refractivity contribution in [2.24, 2.45) is 5.92 Å². The molecule has 0 saturated heterocycles. The molecule has 1 aliphatic rings. The van der Waals surface area contributed by atoms with Crippen LogP contribution in [0.1, 0.15) is 32.6 Å². The van der Waals surface area contributed by atoms with Crippen LogP contribution in [0, 0.1) is 5.92 Å². The maximum atomic E-state index is 10.8. The first-order valence-corrected chi connectivity index (χ1v) is 4.26. The molecule has 11 heavy (non-hydrogen) atoms. The molecule has 0 aromatic carbocycles. The number of carbonyl (C=O) groups excluding carboxylic acids is 1. The molecule has 2 nitrogen and oxygen atoms in total. The molecule has 2 unspecified atom stereocenters. The van der Waals surface area contributed by atoms with E-state index in [4.69, 9.17) is 4.74 Å². The number of methoxy groups -OCH3 is 1. The molecule has 0 aliphatic heterocycles. The van der Waals surface area contributed by atoms with Crippen molar-refractivity contribution < 1.29 is 9.53 Å². The van der Waals surface area contributed by atoms with E-state index < -0.39 is 5.60 Å². The Morgan fingerprint density at radius 2 is 2.27 bits per heavy atom. The van der Waals surface area contributed by atoms with Crippen LogP contribution in [0.3, 0.4) is 0 Å². The lowest BCUT2D eigenvalue weighted by molar-refractivity contribution is -0.138. The zero-order valence-electron chi connectivity index (χ0n) is 7.30. The number of rotatable bonds is 2. The average molecular weight is 156 g/mol. The molecule has 0 bridgehead atoms. The monoisotopic (exact) mass is 156 g/mol. The molecular weight excluding hydrogens is 140 g/mol. The lowest BCUT2D eigenvalue weighted by Crippen LogP contribution is -2.42. The largest absolute Gasteiger partial charge is 0.370 e. The van der Waals surface area contributed by atoms with E-state index >= 15 is 0 Å². The topological polar surface area (TPSA) is 26.3 Å². The number of ether oxygens (including phenoxy) is 1. The van der Waals surface area contributed by atoms with Gasteiger partial charge in [-0.15, -0.1) is 0 Å². The van der Waals surface area contributed by atoms with Crippen LogP contribution in [0.25, 0.3) is 0 Å². The summed E-state index contributed by atoms with van der Waals surface area (Å²) >= 11 is 0. The summed E-state index contributed by atoms with van der Waals surface area (Å²) in [4.78, 5) is 10.8. The Morgan fingerprint density at radius 1 is 1.55 bits per heavy atom. The summed E-state index contributed by atoms with van der Waals surface area (Å²) in [5.41, 5.74) is -0.460. The van der Waals surface area contributed by atoms with Gasteiger partial charge in [-0.1, -0.05) is 19.8 Å². The van der Waals surface area contributed by atoms with Gasteiger partial charge in [0.15, 0.2) is 6.29 Å². The van der Waals surface area contributed by atoms with E-state index in [1.54, 1.807) is 7.11 Å². The van der Waals surface area contributed by atoms with Gasteiger partial charge in [-0.25, -0.2) is 0 Å². The van der Waals surface area contributed by atoms with Crippen LogP contribution >= 0.6 is 0 Å². The van der Waals surface area contributed by atoms with E-state index in [0.717, 1.165) is 25.5 Å². The Kier molecular flexibility index (Phi) is 2.66. The Bertz CT molecular complexity index is 144. The van der Waals surface area contributed by atoms with Crippen molar-refractivity contribution in [1.29, 1.82) is 0 Å². The molecule has 64 valence electrons. The van der Waals surface area contributed by atoms with Crippen LogP contribution < -0.4 is 0 Å². The van der Waals surface area contributed by atoms with Gasteiger partial charge in [0.2, 0.25) is 0 Å². The smallest absolute Gasteiger partial charge is 0.152 e. The van der Waals surface area contributed by atoms with E-state index in [9.17, 15) is 4.79 Å². The molecule has 2 heteroatoms.